The standard InChI is InChI=1S/C21H30N4O5S/c1-24(2)15-7-5-9-20(21(26)23-27)25(16-17-8-4-6-14-22-17)31(28,29)19-12-10-18(30-3)11-13-19/h4,6,8,10-14,20,27H,5,7,9,15-16H2,1-3H3,(H,23,26). The van der Waals surface area contributed by atoms with Gasteiger partial charge in [0.15, 0.2) is 0 Å². The first-order valence-electron chi connectivity index (χ1n) is 9.94. The van der Waals surface area contributed by atoms with Crippen LogP contribution in [0.2, 0.25) is 0 Å². The zero-order valence-corrected chi connectivity index (χ0v) is 18.9. The average Bonchev–Trinajstić information content (AvgIpc) is 2.78. The van der Waals surface area contributed by atoms with Gasteiger partial charge in [-0.2, -0.15) is 4.31 Å². The lowest BCUT2D eigenvalue weighted by atomic mass is 10.1. The van der Waals surface area contributed by atoms with E-state index in [1.165, 1.54) is 19.2 Å². The highest BCUT2D eigenvalue weighted by molar-refractivity contribution is 7.89. The molecule has 1 amide bonds. The summed E-state index contributed by atoms with van der Waals surface area (Å²) in [5.41, 5.74) is 2.12. The second-order valence-electron chi connectivity index (χ2n) is 7.34. The van der Waals surface area contributed by atoms with Crippen LogP contribution >= 0.6 is 0 Å². The molecule has 0 radical (unpaired) electrons. The van der Waals surface area contributed by atoms with Crippen LogP contribution in [0, 0.1) is 0 Å². The molecule has 10 heteroatoms. The monoisotopic (exact) mass is 450 g/mol. The van der Waals surface area contributed by atoms with E-state index in [-0.39, 0.29) is 17.9 Å². The largest absolute Gasteiger partial charge is 0.497 e. The maximum absolute atomic E-state index is 13.5. The van der Waals surface area contributed by atoms with Crippen molar-refractivity contribution in [1.29, 1.82) is 0 Å². The quantitative estimate of drug-likeness (QED) is 0.288. The summed E-state index contributed by atoms with van der Waals surface area (Å²) in [6.45, 7) is 0.694. The van der Waals surface area contributed by atoms with Crippen LogP contribution in [0.1, 0.15) is 25.0 Å². The third-order valence-corrected chi connectivity index (χ3v) is 6.67. The summed E-state index contributed by atoms with van der Waals surface area (Å²) in [6, 6.07) is 10.0. The summed E-state index contributed by atoms with van der Waals surface area (Å²) < 4.78 is 33.3. The molecular weight excluding hydrogens is 420 g/mol. The Kier molecular flexibility index (Phi) is 9.38. The molecule has 0 fully saturated rings. The summed E-state index contributed by atoms with van der Waals surface area (Å²) in [5.74, 6) is -0.263. The van der Waals surface area contributed by atoms with E-state index in [0.29, 0.717) is 17.9 Å². The van der Waals surface area contributed by atoms with Gasteiger partial charge in [0.1, 0.15) is 11.8 Å². The number of pyridine rings is 1. The number of benzene rings is 1. The number of nitrogens with one attached hydrogen (secondary N) is 1. The van der Waals surface area contributed by atoms with E-state index in [1.54, 1.807) is 42.0 Å². The minimum Gasteiger partial charge on any atom is -0.497 e. The Morgan fingerprint density at radius 3 is 2.42 bits per heavy atom. The second kappa shape index (κ2) is 11.8. The minimum absolute atomic E-state index is 0.0215. The van der Waals surface area contributed by atoms with Gasteiger partial charge in [-0.15, -0.1) is 0 Å². The summed E-state index contributed by atoms with van der Waals surface area (Å²) in [4.78, 5) is 18.8. The number of nitrogens with zero attached hydrogens (tertiary/aromatic N) is 3. The molecule has 0 spiro atoms. The fourth-order valence-corrected chi connectivity index (χ4v) is 4.73. The number of methoxy groups -OCH3 is 1. The number of ether oxygens (including phenoxy) is 1. The molecule has 9 nitrogen and oxygen atoms in total. The Hall–Kier alpha value is -2.53. The second-order valence-corrected chi connectivity index (χ2v) is 9.23. The summed E-state index contributed by atoms with van der Waals surface area (Å²) in [7, 11) is 1.30. The van der Waals surface area contributed by atoms with Crippen molar-refractivity contribution in [1.82, 2.24) is 19.7 Å². The summed E-state index contributed by atoms with van der Waals surface area (Å²) >= 11 is 0. The molecule has 170 valence electrons. The van der Waals surface area contributed by atoms with Gasteiger partial charge in [-0.1, -0.05) is 12.5 Å². The van der Waals surface area contributed by atoms with Gasteiger partial charge in [-0.3, -0.25) is 15.0 Å². The highest BCUT2D eigenvalue weighted by Crippen LogP contribution is 2.25. The molecule has 0 aliphatic carbocycles. The van der Waals surface area contributed by atoms with Crippen molar-refractivity contribution in [2.75, 3.05) is 27.7 Å². The van der Waals surface area contributed by atoms with Crippen molar-refractivity contribution >= 4 is 15.9 Å². The third-order valence-electron chi connectivity index (χ3n) is 4.80. The predicted octanol–water partition coefficient (Wildman–Crippen LogP) is 1.89. The Bertz CT molecular complexity index is 921. The van der Waals surface area contributed by atoms with E-state index in [0.717, 1.165) is 17.3 Å². The molecular formula is C21H30N4O5S. The Labute approximate surface area is 183 Å². The van der Waals surface area contributed by atoms with Crippen molar-refractivity contribution in [2.45, 2.75) is 36.7 Å². The highest BCUT2D eigenvalue weighted by Gasteiger charge is 2.36. The Morgan fingerprint density at radius 1 is 1.16 bits per heavy atom. The lowest BCUT2D eigenvalue weighted by Crippen LogP contribution is -2.48. The van der Waals surface area contributed by atoms with Crippen LogP contribution in [0.4, 0.5) is 0 Å². The number of carbonyl (C=O) groups is 1. The topological polar surface area (TPSA) is 112 Å². The van der Waals surface area contributed by atoms with Gasteiger partial charge in [-0.05, 0) is 69.9 Å². The SMILES string of the molecule is COc1ccc(S(=O)(=O)N(Cc2ccccn2)C(CCCCN(C)C)C(=O)NO)cc1. The number of hydrogen-bond acceptors (Lipinski definition) is 7. The first-order valence-corrected chi connectivity index (χ1v) is 11.4. The summed E-state index contributed by atoms with van der Waals surface area (Å²) in [5, 5.41) is 9.31. The van der Waals surface area contributed by atoms with Crippen molar-refractivity contribution in [2.24, 2.45) is 0 Å². The van der Waals surface area contributed by atoms with Crippen LogP contribution in [-0.4, -0.2) is 67.5 Å². The maximum Gasteiger partial charge on any atom is 0.261 e. The smallest absolute Gasteiger partial charge is 0.261 e. The fraction of sp³-hybridized carbons (Fsp3) is 0.429. The van der Waals surface area contributed by atoms with Gasteiger partial charge < -0.3 is 9.64 Å². The van der Waals surface area contributed by atoms with Crippen molar-refractivity contribution in [3.63, 3.8) is 0 Å². The minimum atomic E-state index is -4.08. The van der Waals surface area contributed by atoms with Crippen molar-refractivity contribution < 1.29 is 23.2 Å². The average molecular weight is 451 g/mol. The third kappa shape index (κ3) is 7.00. The maximum atomic E-state index is 13.5. The van der Waals surface area contributed by atoms with E-state index >= 15 is 0 Å². The first kappa shape index (κ1) is 24.7. The number of carbonyl (C=O) groups excluding carboxylic acids is 1. The normalized spacial score (nSPS) is 12.7. The predicted molar refractivity (Wildman–Crippen MR) is 116 cm³/mol. The van der Waals surface area contributed by atoms with Gasteiger partial charge in [0, 0.05) is 6.20 Å². The van der Waals surface area contributed by atoms with Gasteiger partial charge in [-0.25, -0.2) is 13.9 Å². The summed E-state index contributed by atoms with van der Waals surface area (Å²) in [6.07, 6.45) is 3.20. The molecule has 1 aromatic carbocycles. The molecule has 2 rings (SSSR count). The highest BCUT2D eigenvalue weighted by atomic mass is 32.2. The molecule has 31 heavy (non-hydrogen) atoms. The Morgan fingerprint density at radius 2 is 1.87 bits per heavy atom. The van der Waals surface area contributed by atoms with Crippen molar-refractivity contribution in [3.05, 3.63) is 54.4 Å². The van der Waals surface area contributed by atoms with Crippen LogP contribution in [0.25, 0.3) is 0 Å². The molecule has 0 aliphatic heterocycles. The molecule has 1 aromatic heterocycles. The number of hydrogen-bond donors (Lipinski definition) is 2. The molecule has 0 saturated carbocycles. The van der Waals surface area contributed by atoms with Crippen LogP contribution in [0.3, 0.4) is 0 Å². The molecule has 1 atom stereocenters. The van der Waals surface area contributed by atoms with Gasteiger partial charge in [0.2, 0.25) is 10.0 Å². The number of rotatable bonds is 12. The van der Waals surface area contributed by atoms with Crippen LogP contribution in [0.5, 0.6) is 5.75 Å². The molecule has 0 saturated heterocycles. The van der Waals surface area contributed by atoms with Crippen LogP contribution < -0.4 is 10.2 Å². The van der Waals surface area contributed by atoms with Gasteiger partial charge in [0.05, 0.1) is 24.2 Å². The molecule has 0 aliphatic rings. The lowest BCUT2D eigenvalue weighted by Gasteiger charge is -2.29. The van der Waals surface area contributed by atoms with E-state index in [2.05, 4.69) is 4.98 Å². The number of sulfonamides is 1. The van der Waals surface area contributed by atoms with E-state index in [4.69, 9.17) is 4.74 Å². The lowest BCUT2D eigenvalue weighted by molar-refractivity contribution is -0.133. The molecule has 1 heterocycles. The van der Waals surface area contributed by atoms with E-state index in [1.807, 2.05) is 19.0 Å². The molecule has 1 unspecified atom stereocenters. The van der Waals surface area contributed by atoms with Crippen LogP contribution in [-0.2, 0) is 21.4 Å². The molecule has 0 bridgehead atoms. The van der Waals surface area contributed by atoms with Crippen molar-refractivity contribution in [3.8, 4) is 5.75 Å². The number of amides is 1. The number of unbranched alkanes of at least 4 members (excludes halogenated alkanes) is 1. The van der Waals surface area contributed by atoms with Gasteiger partial charge >= 0.3 is 0 Å². The van der Waals surface area contributed by atoms with E-state index in [9.17, 15) is 18.4 Å². The van der Waals surface area contributed by atoms with Gasteiger partial charge in [0.25, 0.3) is 5.91 Å². The van der Waals surface area contributed by atoms with Crippen LogP contribution in [0.15, 0.2) is 53.6 Å². The molecule has 2 aromatic rings. The fourth-order valence-electron chi connectivity index (χ4n) is 3.14. The Balaban J connectivity index is 2.40. The zero-order valence-electron chi connectivity index (χ0n) is 18.1. The molecule has 2 N–H and O–H groups in total. The number of hydroxylamine groups is 1. The van der Waals surface area contributed by atoms with E-state index < -0.39 is 22.0 Å². The first-order chi connectivity index (χ1) is 14.8. The zero-order chi connectivity index (χ0) is 22.9. The number of aromatic nitrogens is 1.